The fourth-order valence-corrected chi connectivity index (χ4v) is 1.73. The second kappa shape index (κ2) is 5.60. The monoisotopic (exact) mass is 242 g/mol. The lowest BCUT2D eigenvalue weighted by molar-refractivity contribution is 0.413. The minimum absolute atomic E-state index is 0.309. The molecule has 1 aromatic carbocycles. The van der Waals surface area contributed by atoms with Crippen molar-refractivity contribution in [3.8, 4) is 11.3 Å². The molecule has 2 aromatic rings. The van der Waals surface area contributed by atoms with E-state index in [-0.39, 0.29) is 0 Å². The zero-order valence-corrected chi connectivity index (χ0v) is 10.8. The fraction of sp³-hybridized carbons (Fsp3) is 0.286. The van der Waals surface area contributed by atoms with Gasteiger partial charge in [0, 0.05) is 18.3 Å². The lowest BCUT2D eigenvalue weighted by atomic mass is 10.1. The molecule has 2 N–H and O–H groups in total. The summed E-state index contributed by atoms with van der Waals surface area (Å²) < 4.78 is 0. The Morgan fingerprint density at radius 1 is 1.11 bits per heavy atom. The summed E-state index contributed by atoms with van der Waals surface area (Å²) in [5.41, 5.74) is 8.84. The molecule has 0 aliphatic heterocycles. The maximum atomic E-state index is 5.58. The van der Waals surface area contributed by atoms with Crippen molar-refractivity contribution in [1.29, 1.82) is 0 Å². The van der Waals surface area contributed by atoms with Gasteiger partial charge in [0.1, 0.15) is 0 Å². The molecular weight excluding hydrogens is 224 g/mol. The molecule has 2 rings (SSSR count). The van der Waals surface area contributed by atoms with Crippen molar-refractivity contribution >= 4 is 5.95 Å². The van der Waals surface area contributed by atoms with E-state index < -0.39 is 0 Å². The lowest BCUT2D eigenvalue weighted by Gasteiger charge is -2.09. The zero-order chi connectivity index (χ0) is 13.0. The zero-order valence-electron chi connectivity index (χ0n) is 10.8. The highest BCUT2D eigenvalue weighted by atomic mass is 15.0. The van der Waals surface area contributed by atoms with Gasteiger partial charge in [-0.05, 0) is 32.1 Å². The third-order valence-electron chi connectivity index (χ3n) is 2.77. The van der Waals surface area contributed by atoms with Crippen molar-refractivity contribution in [2.24, 2.45) is 0 Å². The molecule has 18 heavy (non-hydrogen) atoms. The number of anilines is 1. The predicted molar refractivity (Wildman–Crippen MR) is 74.1 cm³/mol. The first-order valence-corrected chi connectivity index (χ1v) is 5.98. The minimum atomic E-state index is 0.309. The number of nitrogens with two attached hydrogens (primary N) is 1. The summed E-state index contributed by atoms with van der Waals surface area (Å²) >= 11 is 0. The van der Waals surface area contributed by atoms with Gasteiger partial charge in [-0.1, -0.05) is 24.3 Å². The first kappa shape index (κ1) is 12.5. The number of hydrogen-bond donors (Lipinski definition) is 1. The molecular formula is C14H18N4. The topological polar surface area (TPSA) is 55.0 Å². The first-order valence-electron chi connectivity index (χ1n) is 5.98. The predicted octanol–water partition coefficient (Wildman–Crippen LogP) is 1.83. The molecule has 1 heterocycles. The van der Waals surface area contributed by atoms with Gasteiger partial charge in [-0.2, -0.15) is 0 Å². The number of rotatable bonds is 4. The van der Waals surface area contributed by atoms with Gasteiger partial charge in [0.15, 0.2) is 0 Å². The summed E-state index contributed by atoms with van der Waals surface area (Å²) in [6.45, 7) is 1.06. The Labute approximate surface area is 107 Å². The molecule has 94 valence electrons. The Morgan fingerprint density at radius 3 is 2.44 bits per heavy atom. The molecule has 0 bridgehead atoms. The Kier molecular flexibility index (Phi) is 3.89. The average Bonchev–Trinajstić information content (AvgIpc) is 2.37. The van der Waals surface area contributed by atoms with Crippen molar-refractivity contribution in [2.75, 3.05) is 26.4 Å². The van der Waals surface area contributed by atoms with Gasteiger partial charge in [-0.15, -0.1) is 0 Å². The fourth-order valence-electron chi connectivity index (χ4n) is 1.73. The average molecular weight is 242 g/mol. The molecule has 0 amide bonds. The minimum Gasteiger partial charge on any atom is -0.368 e. The van der Waals surface area contributed by atoms with Crippen molar-refractivity contribution in [1.82, 2.24) is 14.9 Å². The summed E-state index contributed by atoms with van der Waals surface area (Å²) in [4.78, 5) is 10.3. The van der Waals surface area contributed by atoms with Crippen LogP contribution in [-0.4, -0.2) is 35.5 Å². The van der Waals surface area contributed by atoms with Crippen LogP contribution in [0, 0.1) is 0 Å². The second-order valence-corrected chi connectivity index (χ2v) is 4.55. The molecule has 0 saturated carbocycles. The third-order valence-corrected chi connectivity index (χ3v) is 2.77. The maximum Gasteiger partial charge on any atom is 0.220 e. The van der Waals surface area contributed by atoms with E-state index in [0.717, 1.165) is 24.2 Å². The van der Waals surface area contributed by atoms with Gasteiger partial charge < -0.3 is 10.6 Å². The summed E-state index contributed by atoms with van der Waals surface area (Å²) in [6, 6.07) is 10.3. The number of aromatic nitrogens is 2. The van der Waals surface area contributed by atoms with Crippen LogP contribution in [0.25, 0.3) is 11.3 Å². The number of hydrogen-bond acceptors (Lipinski definition) is 4. The van der Waals surface area contributed by atoms with Crippen LogP contribution in [-0.2, 0) is 6.42 Å². The maximum absolute atomic E-state index is 5.58. The van der Waals surface area contributed by atoms with Gasteiger partial charge >= 0.3 is 0 Å². The van der Waals surface area contributed by atoms with Crippen LogP contribution in [0.3, 0.4) is 0 Å². The number of likely N-dealkylation sites (N-methyl/N-ethyl adjacent to an activating group) is 1. The Bertz CT molecular complexity index is 505. The molecule has 0 radical (unpaired) electrons. The van der Waals surface area contributed by atoms with Crippen molar-refractivity contribution < 1.29 is 0 Å². The van der Waals surface area contributed by atoms with E-state index >= 15 is 0 Å². The van der Waals surface area contributed by atoms with Crippen LogP contribution < -0.4 is 5.73 Å². The standard InChI is InChI=1S/C14H18N4/c1-18(2)10-8-11-3-5-12(6-4-11)13-7-9-16-14(15)17-13/h3-7,9H,8,10H2,1-2H3,(H2,15,16,17). The number of benzene rings is 1. The number of nitrogen functional groups attached to an aromatic ring is 1. The lowest BCUT2D eigenvalue weighted by Crippen LogP contribution is -2.14. The van der Waals surface area contributed by atoms with Crippen LogP contribution in [0.15, 0.2) is 36.5 Å². The molecule has 0 fully saturated rings. The molecule has 0 saturated heterocycles. The SMILES string of the molecule is CN(C)CCc1ccc(-c2ccnc(N)n2)cc1. The Balaban J connectivity index is 2.12. The largest absolute Gasteiger partial charge is 0.368 e. The highest BCUT2D eigenvalue weighted by Gasteiger charge is 2.01. The van der Waals surface area contributed by atoms with E-state index in [1.54, 1.807) is 6.20 Å². The van der Waals surface area contributed by atoms with Gasteiger partial charge in [0.2, 0.25) is 5.95 Å². The molecule has 0 spiro atoms. The Morgan fingerprint density at radius 2 is 1.83 bits per heavy atom. The molecule has 0 unspecified atom stereocenters. The molecule has 4 nitrogen and oxygen atoms in total. The van der Waals surface area contributed by atoms with Gasteiger partial charge in [0.05, 0.1) is 5.69 Å². The molecule has 0 aliphatic carbocycles. The van der Waals surface area contributed by atoms with Gasteiger partial charge in [-0.25, -0.2) is 9.97 Å². The van der Waals surface area contributed by atoms with E-state index in [9.17, 15) is 0 Å². The second-order valence-electron chi connectivity index (χ2n) is 4.55. The van der Waals surface area contributed by atoms with Gasteiger partial charge in [0.25, 0.3) is 0 Å². The number of nitrogens with zero attached hydrogens (tertiary/aromatic N) is 3. The van der Waals surface area contributed by atoms with Crippen LogP contribution in [0.5, 0.6) is 0 Å². The van der Waals surface area contributed by atoms with Crippen molar-refractivity contribution in [2.45, 2.75) is 6.42 Å². The van der Waals surface area contributed by atoms with Crippen molar-refractivity contribution in [3.63, 3.8) is 0 Å². The Hall–Kier alpha value is -1.94. The van der Waals surface area contributed by atoms with Gasteiger partial charge in [-0.3, -0.25) is 0 Å². The summed E-state index contributed by atoms with van der Waals surface area (Å²) in [7, 11) is 4.16. The van der Waals surface area contributed by atoms with Crippen LogP contribution in [0.2, 0.25) is 0 Å². The molecule has 1 aromatic heterocycles. The van der Waals surface area contributed by atoms with E-state index in [1.807, 2.05) is 6.07 Å². The summed E-state index contributed by atoms with van der Waals surface area (Å²) in [6.07, 6.45) is 2.73. The third kappa shape index (κ3) is 3.28. The molecule has 0 atom stereocenters. The molecule has 4 heteroatoms. The smallest absolute Gasteiger partial charge is 0.220 e. The first-order chi connectivity index (χ1) is 8.65. The van der Waals surface area contributed by atoms with E-state index in [1.165, 1.54) is 5.56 Å². The van der Waals surface area contributed by atoms with Crippen LogP contribution in [0.4, 0.5) is 5.95 Å². The highest BCUT2D eigenvalue weighted by molar-refractivity contribution is 5.59. The van der Waals surface area contributed by atoms with Crippen LogP contribution >= 0.6 is 0 Å². The van der Waals surface area contributed by atoms with E-state index in [4.69, 9.17) is 5.73 Å². The van der Waals surface area contributed by atoms with E-state index in [0.29, 0.717) is 5.95 Å². The van der Waals surface area contributed by atoms with Crippen LogP contribution in [0.1, 0.15) is 5.56 Å². The summed E-state index contributed by atoms with van der Waals surface area (Å²) in [5.74, 6) is 0.309. The quantitative estimate of drug-likeness (QED) is 0.888. The van der Waals surface area contributed by atoms with Crippen molar-refractivity contribution in [3.05, 3.63) is 42.1 Å². The van der Waals surface area contributed by atoms with E-state index in [2.05, 4.69) is 53.2 Å². The summed E-state index contributed by atoms with van der Waals surface area (Å²) in [5, 5.41) is 0. The molecule has 0 aliphatic rings. The normalized spacial score (nSPS) is 10.8. The highest BCUT2D eigenvalue weighted by Crippen LogP contribution is 2.17.